The summed E-state index contributed by atoms with van der Waals surface area (Å²) >= 11 is 0. The van der Waals surface area contributed by atoms with Gasteiger partial charge in [0.05, 0.1) is 17.3 Å². The number of ether oxygens (including phenoxy) is 1. The maximum Gasteiger partial charge on any atom is 0.433 e. The first kappa shape index (κ1) is 21.3. The molecule has 2 rings (SSSR count). The molecule has 0 radical (unpaired) electrons. The second kappa shape index (κ2) is 7.53. The summed E-state index contributed by atoms with van der Waals surface area (Å²) in [5.41, 5.74) is -2.33. The van der Waals surface area contributed by atoms with Gasteiger partial charge in [0, 0.05) is 12.7 Å². The van der Waals surface area contributed by atoms with Crippen LogP contribution in [-0.4, -0.2) is 40.4 Å². The summed E-state index contributed by atoms with van der Waals surface area (Å²) in [6.07, 6.45) is -3.85. The molecule has 0 aliphatic rings. The molecule has 0 atom stereocenters. The van der Waals surface area contributed by atoms with Crippen LogP contribution in [0.1, 0.15) is 36.8 Å². The minimum Gasteiger partial charge on any atom is -0.482 e. The fourth-order valence-electron chi connectivity index (χ4n) is 2.50. The lowest BCUT2D eigenvalue weighted by Crippen LogP contribution is -2.32. The fraction of sp³-hybridized carbons (Fsp3) is 0.389. The highest BCUT2D eigenvalue weighted by atomic mass is 19.4. The molecule has 1 aromatic carbocycles. The van der Waals surface area contributed by atoms with Crippen LogP contribution in [0.5, 0.6) is 5.75 Å². The summed E-state index contributed by atoms with van der Waals surface area (Å²) in [4.78, 5) is 24.3. The number of amides is 1. The first-order valence-electron chi connectivity index (χ1n) is 8.21. The Bertz CT molecular complexity index is 868. The van der Waals surface area contributed by atoms with Crippen molar-refractivity contribution < 1.29 is 32.6 Å². The zero-order valence-electron chi connectivity index (χ0n) is 15.7. The van der Waals surface area contributed by atoms with Gasteiger partial charge in [-0.2, -0.15) is 18.3 Å². The zero-order chi connectivity index (χ0) is 21.3. The molecule has 1 aromatic heterocycles. The molecule has 0 aliphatic carbocycles. The Morgan fingerprint density at radius 2 is 1.75 bits per heavy atom. The van der Waals surface area contributed by atoms with Crippen molar-refractivity contribution in [2.45, 2.75) is 32.5 Å². The van der Waals surface area contributed by atoms with Crippen LogP contribution in [0.15, 0.2) is 30.5 Å². The van der Waals surface area contributed by atoms with E-state index >= 15 is 0 Å². The predicted molar refractivity (Wildman–Crippen MR) is 94.5 cm³/mol. The lowest BCUT2D eigenvalue weighted by molar-refractivity contribution is -0.146. The van der Waals surface area contributed by atoms with Gasteiger partial charge in [-0.1, -0.05) is 0 Å². The third-order valence-electron chi connectivity index (χ3n) is 3.79. The molecule has 1 amide bonds. The van der Waals surface area contributed by atoms with Gasteiger partial charge in [-0.25, -0.2) is 4.79 Å². The summed E-state index contributed by atoms with van der Waals surface area (Å²) in [7, 11) is 1.34. The molecule has 0 unspecified atom stereocenters. The van der Waals surface area contributed by atoms with Crippen molar-refractivity contribution in [2.75, 3.05) is 18.6 Å². The van der Waals surface area contributed by atoms with Gasteiger partial charge >= 0.3 is 12.1 Å². The quantitative estimate of drug-likeness (QED) is 0.833. The molecule has 0 aliphatic heterocycles. The lowest BCUT2D eigenvalue weighted by Gasteiger charge is -2.24. The molecule has 10 heteroatoms. The predicted octanol–water partition coefficient (Wildman–Crippen LogP) is 3.40. The Balaban J connectivity index is 2.33. The van der Waals surface area contributed by atoms with E-state index in [0.717, 1.165) is 15.8 Å². The number of anilines is 1. The molecule has 0 fully saturated rings. The molecule has 0 spiro atoms. The number of halogens is 3. The number of aromatic nitrogens is 2. The van der Waals surface area contributed by atoms with E-state index in [0.29, 0.717) is 5.69 Å². The molecule has 0 bridgehead atoms. The molecular weight excluding hydrogens is 379 g/mol. The molecule has 28 heavy (non-hydrogen) atoms. The lowest BCUT2D eigenvalue weighted by atomic mass is 10.1. The highest BCUT2D eigenvalue weighted by Crippen LogP contribution is 2.35. The SMILES string of the molecule is CN(C(=O)c1cnn(C(C)(C)C)c1C(F)(F)F)c1ccc(OCC(=O)O)cc1. The summed E-state index contributed by atoms with van der Waals surface area (Å²) in [6, 6.07) is 5.73. The largest absolute Gasteiger partial charge is 0.482 e. The van der Waals surface area contributed by atoms with Crippen molar-refractivity contribution in [2.24, 2.45) is 0 Å². The smallest absolute Gasteiger partial charge is 0.433 e. The standard InChI is InChI=1S/C18H20F3N3O4/c1-17(2,3)24-15(18(19,20)21)13(9-22-24)16(27)23(4)11-5-7-12(8-6-11)28-10-14(25)26/h5-9H,10H2,1-4H3,(H,25,26). The average molecular weight is 399 g/mol. The summed E-state index contributed by atoms with van der Waals surface area (Å²) in [6.45, 7) is 4.14. The number of nitrogens with zero attached hydrogens (tertiary/aromatic N) is 3. The van der Waals surface area contributed by atoms with E-state index in [2.05, 4.69) is 5.10 Å². The number of carboxylic acid groups (broad SMARTS) is 1. The van der Waals surface area contributed by atoms with Crippen molar-refractivity contribution in [3.05, 3.63) is 41.7 Å². The Morgan fingerprint density at radius 1 is 1.18 bits per heavy atom. The number of hydrogen-bond donors (Lipinski definition) is 1. The van der Waals surface area contributed by atoms with Gasteiger partial charge < -0.3 is 14.7 Å². The molecule has 152 valence electrons. The van der Waals surface area contributed by atoms with E-state index in [9.17, 15) is 22.8 Å². The van der Waals surface area contributed by atoms with Gasteiger partial charge in [-0.05, 0) is 45.0 Å². The van der Waals surface area contributed by atoms with Crippen LogP contribution in [-0.2, 0) is 16.5 Å². The number of hydrogen-bond acceptors (Lipinski definition) is 4. The van der Waals surface area contributed by atoms with E-state index in [1.807, 2.05) is 0 Å². The Morgan fingerprint density at radius 3 is 2.21 bits per heavy atom. The Labute approximate surface area is 159 Å². The number of rotatable bonds is 5. The third kappa shape index (κ3) is 4.62. The summed E-state index contributed by atoms with van der Waals surface area (Å²) in [5, 5.41) is 12.4. The van der Waals surface area contributed by atoms with Crippen molar-refractivity contribution in [3.8, 4) is 5.75 Å². The van der Waals surface area contributed by atoms with Crippen LogP contribution in [0.3, 0.4) is 0 Å². The first-order chi connectivity index (χ1) is 12.8. The minimum absolute atomic E-state index is 0.253. The number of benzene rings is 1. The fourth-order valence-corrected chi connectivity index (χ4v) is 2.50. The first-order valence-corrected chi connectivity index (χ1v) is 8.21. The van der Waals surface area contributed by atoms with E-state index < -0.39 is 41.5 Å². The number of carboxylic acids is 1. The van der Waals surface area contributed by atoms with Gasteiger partial charge in [0.1, 0.15) is 5.75 Å². The number of carbonyl (C=O) groups excluding carboxylic acids is 1. The minimum atomic E-state index is -4.76. The van der Waals surface area contributed by atoms with Gasteiger partial charge in [-0.15, -0.1) is 0 Å². The summed E-state index contributed by atoms with van der Waals surface area (Å²) < 4.78 is 46.6. The highest BCUT2D eigenvalue weighted by molar-refractivity contribution is 6.06. The van der Waals surface area contributed by atoms with Gasteiger partial charge in [0.15, 0.2) is 12.3 Å². The number of alkyl halides is 3. The Hall–Kier alpha value is -3.04. The van der Waals surface area contributed by atoms with E-state index in [1.165, 1.54) is 31.3 Å². The van der Waals surface area contributed by atoms with Crippen LogP contribution in [0.4, 0.5) is 18.9 Å². The van der Waals surface area contributed by atoms with Crippen molar-refractivity contribution in [3.63, 3.8) is 0 Å². The molecular formula is C18H20F3N3O4. The maximum absolute atomic E-state index is 13.6. The monoisotopic (exact) mass is 399 g/mol. The molecule has 1 heterocycles. The van der Waals surface area contributed by atoms with Gasteiger partial charge in [0.25, 0.3) is 5.91 Å². The highest BCUT2D eigenvalue weighted by Gasteiger charge is 2.42. The second-order valence-electron chi connectivity index (χ2n) is 7.03. The van der Waals surface area contributed by atoms with Crippen LogP contribution in [0, 0.1) is 0 Å². The zero-order valence-corrected chi connectivity index (χ0v) is 15.7. The van der Waals surface area contributed by atoms with Crippen LogP contribution in [0.2, 0.25) is 0 Å². The summed E-state index contributed by atoms with van der Waals surface area (Å²) in [5.74, 6) is -1.77. The third-order valence-corrected chi connectivity index (χ3v) is 3.79. The molecule has 0 saturated carbocycles. The van der Waals surface area contributed by atoms with Crippen LogP contribution in [0.25, 0.3) is 0 Å². The van der Waals surface area contributed by atoms with E-state index in [4.69, 9.17) is 9.84 Å². The molecule has 7 nitrogen and oxygen atoms in total. The second-order valence-corrected chi connectivity index (χ2v) is 7.03. The van der Waals surface area contributed by atoms with Crippen molar-refractivity contribution >= 4 is 17.6 Å². The van der Waals surface area contributed by atoms with Crippen LogP contribution >= 0.6 is 0 Å². The van der Waals surface area contributed by atoms with E-state index in [-0.39, 0.29) is 5.75 Å². The molecule has 0 saturated heterocycles. The van der Waals surface area contributed by atoms with Crippen molar-refractivity contribution in [1.29, 1.82) is 0 Å². The van der Waals surface area contributed by atoms with Gasteiger partial charge in [0.2, 0.25) is 0 Å². The molecule has 2 aromatic rings. The molecule has 1 N–H and O–H groups in total. The van der Waals surface area contributed by atoms with Crippen molar-refractivity contribution in [1.82, 2.24) is 9.78 Å². The average Bonchev–Trinajstić information content (AvgIpc) is 3.05. The topological polar surface area (TPSA) is 84.7 Å². The number of aliphatic carboxylic acids is 1. The maximum atomic E-state index is 13.6. The van der Waals surface area contributed by atoms with Gasteiger partial charge in [-0.3, -0.25) is 9.48 Å². The number of carbonyl (C=O) groups is 2. The van der Waals surface area contributed by atoms with Crippen LogP contribution < -0.4 is 9.64 Å². The Kier molecular flexibility index (Phi) is 5.72. The normalized spacial score (nSPS) is 12.0. The van der Waals surface area contributed by atoms with E-state index in [1.54, 1.807) is 20.8 Å².